The van der Waals surface area contributed by atoms with Gasteiger partial charge in [0.05, 0.1) is 11.3 Å². The number of halogens is 1. The molecule has 22 heavy (non-hydrogen) atoms. The zero-order valence-electron chi connectivity index (χ0n) is 12.6. The molecule has 0 saturated heterocycles. The van der Waals surface area contributed by atoms with Crippen molar-refractivity contribution in [3.63, 3.8) is 0 Å². The Morgan fingerprint density at radius 3 is 2.86 bits per heavy atom. The molecule has 0 radical (unpaired) electrons. The standard InChI is InChI=1S/C17H19BrN2OS/c1-11-7-14(16(18)19-9-11)20-17(21)13-8-15(22-10-13)12-5-3-2-4-6-12/h7-10,12H,2-6H2,1H3,(H,20,21). The molecule has 2 aromatic heterocycles. The molecule has 1 N–H and O–H groups in total. The lowest BCUT2D eigenvalue weighted by Gasteiger charge is -2.19. The van der Waals surface area contributed by atoms with Crippen LogP contribution in [0.25, 0.3) is 0 Å². The van der Waals surface area contributed by atoms with Crippen LogP contribution in [0.4, 0.5) is 5.69 Å². The van der Waals surface area contributed by atoms with Gasteiger partial charge >= 0.3 is 0 Å². The predicted molar refractivity (Wildman–Crippen MR) is 94.8 cm³/mol. The largest absolute Gasteiger partial charge is 0.320 e. The van der Waals surface area contributed by atoms with E-state index in [-0.39, 0.29) is 5.91 Å². The Bertz CT molecular complexity index is 677. The monoisotopic (exact) mass is 378 g/mol. The van der Waals surface area contributed by atoms with Gasteiger partial charge in [0.25, 0.3) is 5.91 Å². The maximum absolute atomic E-state index is 12.4. The van der Waals surface area contributed by atoms with Crippen molar-refractivity contribution in [2.75, 3.05) is 5.32 Å². The minimum absolute atomic E-state index is 0.0635. The van der Waals surface area contributed by atoms with Crippen molar-refractivity contribution in [3.05, 3.63) is 44.3 Å². The SMILES string of the molecule is Cc1cnc(Br)c(NC(=O)c2csc(C3CCCCC3)c2)c1. The number of pyridine rings is 1. The zero-order valence-corrected chi connectivity index (χ0v) is 15.0. The average molecular weight is 379 g/mol. The van der Waals surface area contributed by atoms with Crippen LogP contribution in [0.2, 0.25) is 0 Å². The van der Waals surface area contributed by atoms with E-state index in [1.54, 1.807) is 17.5 Å². The van der Waals surface area contributed by atoms with E-state index in [9.17, 15) is 4.79 Å². The van der Waals surface area contributed by atoms with E-state index in [1.807, 2.05) is 18.4 Å². The number of aryl methyl sites for hydroxylation is 1. The zero-order chi connectivity index (χ0) is 15.5. The quantitative estimate of drug-likeness (QED) is 0.714. The van der Waals surface area contributed by atoms with Gasteiger partial charge in [-0.25, -0.2) is 4.98 Å². The number of carbonyl (C=O) groups is 1. The number of hydrogen-bond acceptors (Lipinski definition) is 3. The van der Waals surface area contributed by atoms with E-state index in [0.717, 1.165) is 16.8 Å². The topological polar surface area (TPSA) is 42.0 Å². The minimum Gasteiger partial charge on any atom is -0.320 e. The third kappa shape index (κ3) is 3.58. The minimum atomic E-state index is -0.0635. The summed E-state index contributed by atoms with van der Waals surface area (Å²) < 4.78 is 0.661. The van der Waals surface area contributed by atoms with Crippen LogP contribution in [0, 0.1) is 6.92 Å². The number of aromatic nitrogens is 1. The van der Waals surface area contributed by atoms with Gasteiger partial charge in [0.1, 0.15) is 4.60 Å². The second-order valence-corrected chi connectivity index (χ2v) is 7.57. The fourth-order valence-corrected chi connectivity index (χ4v) is 4.28. The fourth-order valence-electron chi connectivity index (χ4n) is 2.91. The molecule has 1 saturated carbocycles. The highest BCUT2D eigenvalue weighted by atomic mass is 79.9. The molecule has 0 aliphatic heterocycles. The summed E-state index contributed by atoms with van der Waals surface area (Å²) in [6, 6.07) is 3.98. The van der Waals surface area contributed by atoms with Gasteiger partial charge in [-0.3, -0.25) is 4.79 Å². The third-order valence-corrected chi connectivity index (χ3v) is 5.84. The number of nitrogens with zero attached hydrogens (tertiary/aromatic N) is 1. The molecular formula is C17H19BrN2OS. The van der Waals surface area contributed by atoms with Crippen LogP contribution >= 0.6 is 27.3 Å². The van der Waals surface area contributed by atoms with Gasteiger partial charge in [0.15, 0.2) is 0 Å². The first kappa shape index (κ1) is 15.7. The summed E-state index contributed by atoms with van der Waals surface area (Å²) in [5.74, 6) is 0.582. The van der Waals surface area contributed by atoms with Gasteiger partial charge in [-0.05, 0) is 59.3 Å². The molecule has 0 bridgehead atoms. The highest BCUT2D eigenvalue weighted by Crippen LogP contribution is 2.36. The van der Waals surface area contributed by atoms with Gasteiger partial charge in [0, 0.05) is 16.5 Å². The lowest BCUT2D eigenvalue weighted by atomic mass is 9.88. The summed E-state index contributed by atoms with van der Waals surface area (Å²) in [5.41, 5.74) is 2.49. The highest BCUT2D eigenvalue weighted by molar-refractivity contribution is 9.10. The Labute approximate surface area is 143 Å². The smallest absolute Gasteiger partial charge is 0.256 e. The summed E-state index contributed by atoms with van der Waals surface area (Å²) in [6.45, 7) is 1.96. The second-order valence-electron chi connectivity index (χ2n) is 5.88. The highest BCUT2D eigenvalue weighted by Gasteiger charge is 2.19. The first-order chi connectivity index (χ1) is 10.6. The van der Waals surface area contributed by atoms with E-state index in [4.69, 9.17) is 0 Å². The first-order valence-electron chi connectivity index (χ1n) is 7.65. The fraction of sp³-hybridized carbons (Fsp3) is 0.412. The summed E-state index contributed by atoms with van der Waals surface area (Å²) in [4.78, 5) is 18.0. The van der Waals surface area contributed by atoms with Crippen molar-refractivity contribution in [2.45, 2.75) is 44.9 Å². The molecule has 0 atom stereocenters. The van der Waals surface area contributed by atoms with Crippen LogP contribution in [0.15, 0.2) is 28.3 Å². The van der Waals surface area contributed by atoms with Crippen molar-refractivity contribution >= 4 is 38.9 Å². The van der Waals surface area contributed by atoms with Gasteiger partial charge in [-0.1, -0.05) is 19.3 Å². The molecule has 2 heterocycles. The van der Waals surface area contributed by atoms with Crippen LogP contribution in [-0.2, 0) is 0 Å². The lowest BCUT2D eigenvalue weighted by molar-refractivity contribution is 0.102. The molecule has 3 rings (SSSR count). The lowest BCUT2D eigenvalue weighted by Crippen LogP contribution is -2.12. The van der Waals surface area contributed by atoms with Crippen molar-refractivity contribution in [1.82, 2.24) is 4.98 Å². The van der Waals surface area contributed by atoms with Gasteiger partial charge in [-0.2, -0.15) is 0 Å². The van der Waals surface area contributed by atoms with Gasteiger partial charge in [0.2, 0.25) is 0 Å². The number of nitrogens with one attached hydrogen (secondary N) is 1. The molecule has 0 aromatic carbocycles. The number of anilines is 1. The number of amides is 1. The Morgan fingerprint density at radius 2 is 2.09 bits per heavy atom. The second kappa shape index (κ2) is 6.92. The molecule has 116 valence electrons. The average Bonchev–Trinajstić information content (AvgIpc) is 3.02. The maximum atomic E-state index is 12.4. The molecule has 5 heteroatoms. The summed E-state index contributed by atoms with van der Waals surface area (Å²) >= 11 is 5.09. The normalized spacial score (nSPS) is 15.7. The number of rotatable bonds is 3. The molecule has 1 aliphatic carbocycles. The molecule has 2 aromatic rings. The van der Waals surface area contributed by atoms with Crippen molar-refractivity contribution in [2.24, 2.45) is 0 Å². The van der Waals surface area contributed by atoms with E-state index < -0.39 is 0 Å². The van der Waals surface area contributed by atoms with E-state index >= 15 is 0 Å². The Kier molecular flexibility index (Phi) is 4.93. The van der Waals surface area contributed by atoms with Crippen LogP contribution in [0.5, 0.6) is 0 Å². The molecule has 0 spiro atoms. The van der Waals surface area contributed by atoms with Crippen molar-refractivity contribution in [3.8, 4) is 0 Å². The Hall–Kier alpha value is -1.20. The molecule has 1 aliphatic rings. The number of carbonyl (C=O) groups excluding carboxylic acids is 1. The number of hydrogen-bond donors (Lipinski definition) is 1. The molecule has 1 fully saturated rings. The summed E-state index contributed by atoms with van der Waals surface area (Å²) in [5, 5.41) is 4.91. The number of thiophene rings is 1. The maximum Gasteiger partial charge on any atom is 0.256 e. The van der Waals surface area contributed by atoms with Crippen LogP contribution in [0.3, 0.4) is 0 Å². The Morgan fingerprint density at radius 1 is 1.32 bits per heavy atom. The molecule has 0 unspecified atom stereocenters. The van der Waals surface area contributed by atoms with Crippen LogP contribution in [0.1, 0.15) is 58.8 Å². The predicted octanol–water partition coefficient (Wildman–Crippen LogP) is 5.51. The van der Waals surface area contributed by atoms with Gasteiger partial charge < -0.3 is 5.32 Å². The Balaban J connectivity index is 1.72. The molecular weight excluding hydrogens is 360 g/mol. The van der Waals surface area contributed by atoms with Crippen molar-refractivity contribution < 1.29 is 4.79 Å². The van der Waals surface area contributed by atoms with E-state index in [0.29, 0.717) is 10.5 Å². The van der Waals surface area contributed by atoms with E-state index in [1.165, 1.54) is 37.0 Å². The van der Waals surface area contributed by atoms with Crippen LogP contribution < -0.4 is 5.32 Å². The van der Waals surface area contributed by atoms with E-state index in [2.05, 4.69) is 32.3 Å². The first-order valence-corrected chi connectivity index (χ1v) is 9.32. The van der Waals surface area contributed by atoms with Gasteiger partial charge in [-0.15, -0.1) is 11.3 Å². The van der Waals surface area contributed by atoms with Crippen LogP contribution in [-0.4, -0.2) is 10.9 Å². The summed E-state index contributed by atoms with van der Waals surface area (Å²) in [6.07, 6.45) is 8.26. The molecule has 3 nitrogen and oxygen atoms in total. The summed E-state index contributed by atoms with van der Waals surface area (Å²) in [7, 11) is 0. The third-order valence-electron chi connectivity index (χ3n) is 4.11. The van der Waals surface area contributed by atoms with Crippen molar-refractivity contribution in [1.29, 1.82) is 0 Å². The molecule has 1 amide bonds.